The monoisotopic (exact) mass is 375 g/mol. The summed E-state index contributed by atoms with van der Waals surface area (Å²) in [7, 11) is 4.09. The van der Waals surface area contributed by atoms with Crippen LogP contribution >= 0.6 is 0 Å². The molecule has 2 rings (SSSR count). The van der Waals surface area contributed by atoms with Crippen LogP contribution in [0.3, 0.4) is 0 Å². The Balaban J connectivity index is 2.22. The first kappa shape index (κ1) is 19.7. The molecule has 2 aromatic carbocycles. The number of nitro groups is 1. The Morgan fingerprint density at radius 3 is 2.26 bits per heavy atom. The Kier molecular flexibility index (Phi) is 6.32. The number of esters is 1. The van der Waals surface area contributed by atoms with E-state index in [0.29, 0.717) is 5.75 Å². The van der Waals surface area contributed by atoms with Crippen molar-refractivity contribution in [3.63, 3.8) is 0 Å². The number of carbonyl (C=O) groups excluding carboxylic acids is 2. The summed E-state index contributed by atoms with van der Waals surface area (Å²) in [6.07, 6.45) is 0. The van der Waals surface area contributed by atoms with Gasteiger partial charge in [0.25, 0.3) is 5.69 Å². The van der Waals surface area contributed by atoms with E-state index in [0.717, 1.165) is 12.1 Å². The van der Waals surface area contributed by atoms with Crippen molar-refractivity contribution >= 4 is 17.4 Å². The Morgan fingerprint density at radius 2 is 1.67 bits per heavy atom. The number of nitro benzene ring substituents is 1. The minimum Gasteiger partial charge on any atom is -0.497 e. The molecule has 9 nitrogen and oxygen atoms in total. The maximum atomic E-state index is 12.3. The Hall–Kier alpha value is -3.62. The zero-order valence-electron chi connectivity index (χ0n) is 14.9. The van der Waals surface area contributed by atoms with Gasteiger partial charge in [0.2, 0.25) is 0 Å². The third-order valence-corrected chi connectivity index (χ3v) is 3.64. The molecular formula is C18H17NO8. The van der Waals surface area contributed by atoms with E-state index in [1.807, 2.05) is 0 Å². The number of ketones is 1. The number of hydrogen-bond acceptors (Lipinski definition) is 8. The third kappa shape index (κ3) is 4.51. The Morgan fingerprint density at radius 1 is 1.00 bits per heavy atom. The molecule has 9 heteroatoms. The highest BCUT2D eigenvalue weighted by Crippen LogP contribution is 2.34. The fourth-order valence-corrected chi connectivity index (χ4v) is 2.27. The van der Waals surface area contributed by atoms with Crippen LogP contribution in [0.5, 0.6) is 17.2 Å². The van der Waals surface area contributed by atoms with Crippen molar-refractivity contribution in [2.24, 2.45) is 0 Å². The average molecular weight is 375 g/mol. The van der Waals surface area contributed by atoms with Crippen molar-refractivity contribution in [1.82, 2.24) is 0 Å². The second kappa shape index (κ2) is 8.65. The maximum Gasteiger partial charge on any atom is 0.345 e. The molecule has 2 aromatic rings. The van der Waals surface area contributed by atoms with Crippen LogP contribution in [0.1, 0.15) is 20.7 Å². The van der Waals surface area contributed by atoms with Crippen LogP contribution in [0.25, 0.3) is 0 Å². The lowest BCUT2D eigenvalue weighted by Crippen LogP contribution is -2.15. The van der Waals surface area contributed by atoms with Crippen molar-refractivity contribution < 1.29 is 33.5 Å². The van der Waals surface area contributed by atoms with E-state index in [9.17, 15) is 19.7 Å². The minimum atomic E-state index is -1.03. The lowest BCUT2D eigenvalue weighted by atomic mass is 10.1. The first-order valence-corrected chi connectivity index (χ1v) is 7.66. The molecule has 0 spiro atoms. The van der Waals surface area contributed by atoms with Gasteiger partial charge < -0.3 is 18.9 Å². The zero-order valence-corrected chi connectivity index (χ0v) is 14.9. The molecule has 0 aliphatic rings. The number of Topliss-reactive ketones (excluding diaryl/α,β-unsaturated/α-hetero) is 1. The van der Waals surface area contributed by atoms with E-state index in [4.69, 9.17) is 18.9 Å². The summed E-state index contributed by atoms with van der Waals surface area (Å²) in [4.78, 5) is 35.0. The molecule has 0 bridgehead atoms. The predicted octanol–water partition coefficient (Wildman–Crippen LogP) is 2.66. The largest absolute Gasteiger partial charge is 0.497 e. The van der Waals surface area contributed by atoms with Gasteiger partial charge in [0.15, 0.2) is 23.9 Å². The van der Waals surface area contributed by atoms with Gasteiger partial charge >= 0.3 is 5.97 Å². The van der Waals surface area contributed by atoms with Gasteiger partial charge in [-0.1, -0.05) is 12.1 Å². The minimum absolute atomic E-state index is 0.0909. The summed E-state index contributed by atoms with van der Waals surface area (Å²) in [6, 6.07) is 8.50. The van der Waals surface area contributed by atoms with Gasteiger partial charge in [0.05, 0.1) is 32.3 Å². The zero-order chi connectivity index (χ0) is 20.0. The molecule has 0 aromatic heterocycles. The molecule has 0 aliphatic heterocycles. The van der Waals surface area contributed by atoms with Crippen molar-refractivity contribution in [2.45, 2.75) is 0 Å². The van der Waals surface area contributed by atoms with Crippen LogP contribution in [-0.4, -0.2) is 44.6 Å². The molecular weight excluding hydrogens is 358 g/mol. The van der Waals surface area contributed by atoms with Gasteiger partial charge in [0.1, 0.15) is 11.3 Å². The summed E-state index contributed by atoms with van der Waals surface area (Å²) in [5.41, 5.74) is -0.591. The van der Waals surface area contributed by atoms with Gasteiger partial charge in [0, 0.05) is 11.6 Å². The molecule has 27 heavy (non-hydrogen) atoms. The predicted molar refractivity (Wildman–Crippen MR) is 93.8 cm³/mol. The summed E-state index contributed by atoms with van der Waals surface area (Å²) < 4.78 is 20.0. The van der Waals surface area contributed by atoms with Crippen LogP contribution < -0.4 is 14.2 Å². The molecule has 0 saturated heterocycles. The molecule has 0 fully saturated rings. The number of nitrogens with zero attached hydrogens (tertiary/aromatic N) is 1. The standard InChI is InChI=1S/C18H17NO8/c1-24-12-6-4-5-11(7-12)15(20)10-27-18(21)13-8-16(25-2)17(26-3)9-14(13)19(22)23/h4-9H,10H2,1-3H3. The average Bonchev–Trinajstić information content (AvgIpc) is 2.70. The van der Waals surface area contributed by atoms with Crippen molar-refractivity contribution in [1.29, 1.82) is 0 Å². The van der Waals surface area contributed by atoms with Crippen molar-refractivity contribution in [3.8, 4) is 17.2 Å². The van der Waals surface area contributed by atoms with E-state index in [2.05, 4.69) is 0 Å². The maximum absolute atomic E-state index is 12.3. The highest BCUT2D eigenvalue weighted by Gasteiger charge is 2.26. The number of hydrogen-bond donors (Lipinski definition) is 0. The number of rotatable bonds is 8. The lowest BCUT2D eigenvalue weighted by molar-refractivity contribution is -0.385. The van der Waals surface area contributed by atoms with Crippen molar-refractivity contribution in [2.75, 3.05) is 27.9 Å². The van der Waals surface area contributed by atoms with Crippen LogP contribution in [0.2, 0.25) is 0 Å². The second-order valence-corrected chi connectivity index (χ2v) is 5.21. The number of methoxy groups -OCH3 is 3. The SMILES string of the molecule is COc1cccc(C(=O)COC(=O)c2cc(OC)c(OC)cc2[N+](=O)[O-])c1. The fraction of sp³-hybridized carbons (Fsp3) is 0.222. The van der Waals surface area contributed by atoms with E-state index < -0.39 is 29.0 Å². The first-order chi connectivity index (χ1) is 12.9. The molecule has 0 radical (unpaired) electrons. The third-order valence-electron chi connectivity index (χ3n) is 3.64. The Bertz CT molecular complexity index is 878. The topological polar surface area (TPSA) is 114 Å². The van der Waals surface area contributed by atoms with Crippen LogP contribution in [-0.2, 0) is 4.74 Å². The fourth-order valence-electron chi connectivity index (χ4n) is 2.27. The van der Waals surface area contributed by atoms with Gasteiger partial charge in [-0.25, -0.2) is 4.79 Å². The molecule has 0 atom stereocenters. The number of benzene rings is 2. The summed E-state index contributed by atoms with van der Waals surface area (Å²) in [5, 5.41) is 11.2. The summed E-state index contributed by atoms with van der Waals surface area (Å²) >= 11 is 0. The van der Waals surface area contributed by atoms with E-state index >= 15 is 0 Å². The smallest absolute Gasteiger partial charge is 0.345 e. The second-order valence-electron chi connectivity index (χ2n) is 5.21. The van der Waals surface area contributed by atoms with Gasteiger partial charge in [-0.2, -0.15) is 0 Å². The van der Waals surface area contributed by atoms with Crippen LogP contribution in [0, 0.1) is 10.1 Å². The molecule has 142 valence electrons. The highest BCUT2D eigenvalue weighted by molar-refractivity contribution is 6.00. The summed E-state index contributed by atoms with van der Waals surface area (Å²) in [6.45, 7) is -0.586. The molecule has 0 aliphatic carbocycles. The molecule has 0 unspecified atom stereocenters. The molecule has 0 N–H and O–H groups in total. The van der Waals surface area contributed by atoms with E-state index in [-0.39, 0.29) is 22.6 Å². The van der Waals surface area contributed by atoms with Gasteiger partial charge in [-0.15, -0.1) is 0 Å². The molecule has 0 amide bonds. The summed E-state index contributed by atoms with van der Waals surface area (Å²) in [5.74, 6) is -0.825. The Labute approximate surface area is 154 Å². The number of ether oxygens (including phenoxy) is 4. The van der Waals surface area contributed by atoms with Crippen LogP contribution in [0.15, 0.2) is 36.4 Å². The van der Waals surface area contributed by atoms with Gasteiger partial charge in [-0.05, 0) is 12.1 Å². The first-order valence-electron chi connectivity index (χ1n) is 7.66. The normalized spacial score (nSPS) is 10.0. The molecule has 0 saturated carbocycles. The number of carbonyl (C=O) groups is 2. The molecule has 0 heterocycles. The van der Waals surface area contributed by atoms with E-state index in [1.165, 1.54) is 33.5 Å². The van der Waals surface area contributed by atoms with Gasteiger partial charge in [-0.3, -0.25) is 14.9 Å². The highest BCUT2D eigenvalue weighted by atomic mass is 16.6. The lowest BCUT2D eigenvalue weighted by Gasteiger charge is -2.10. The van der Waals surface area contributed by atoms with Crippen LogP contribution in [0.4, 0.5) is 5.69 Å². The van der Waals surface area contributed by atoms with Crippen molar-refractivity contribution in [3.05, 3.63) is 57.6 Å². The quantitative estimate of drug-likeness (QED) is 0.299. The van der Waals surface area contributed by atoms with E-state index in [1.54, 1.807) is 12.1 Å².